The minimum Gasteiger partial charge on any atom is -0.396 e. The van der Waals surface area contributed by atoms with E-state index in [1.165, 1.54) is 5.56 Å². The van der Waals surface area contributed by atoms with Crippen LogP contribution in [0.25, 0.3) is 0 Å². The van der Waals surface area contributed by atoms with Crippen molar-refractivity contribution >= 4 is 5.82 Å². The van der Waals surface area contributed by atoms with Crippen molar-refractivity contribution in [3.63, 3.8) is 0 Å². The molecule has 3 nitrogen and oxygen atoms in total. The molecule has 2 N–H and O–H groups in total. The number of hydrogen-bond acceptors (Lipinski definition) is 3. The average molecular weight is 236 g/mol. The van der Waals surface area contributed by atoms with Crippen molar-refractivity contribution in [2.24, 2.45) is 0 Å². The standard InChI is InChI=1S/C14H24N2O/c1-13(2,3)11-6-7-12(15-10-11)16-14(4,5)8-9-17/h6-7,10,17H,8-9H2,1-5H3,(H,15,16). The van der Waals surface area contributed by atoms with E-state index in [-0.39, 0.29) is 17.6 Å². The lowest BCUT2D eigenvalue weighted by molar-refractivity contribution is 0.260. The van der Waals surface area contributed by atoms with Crippen LogP contribution in [-0.4, -0.2) is 22.2 Å². The van der Waals surface area contributed by atoms with Gasteiger partial charge in [-0.25, -0.2) is 4.98 Å². The van der Waals surface area contributed by atoms with Crippen LogP contribution in [0.1, 0.15) is 46.6 Å². The summed E-state index contributed by atoms with van der Waals surface area (Å²) in [6.45, 7) is 10.8. The Morgan fingerprint density at radius 1 is 1.18 bits per heavy atom. The molecule has 0 radical (unpaired) electrons. The average Bonchev–Trinajstić information content (AvgIpc) is 2.16. The second kappa shape index (κ2) is 5.05. The number of nitrogens with one attached hydrogen (secondary N) is 1. The fraction of sp³-hybridized carbons (Fsp3) is 0.643. The van der Waals surface area contributed by atoms with Gasteiger partial charge in [0.2, 0.25) is 0 Å². The number of pyridine rings is 1. The van der Waals surface area contributed by atoms with Gasteiger partial charge in [-0.1, -0.05) is 26.8 Å². The van der Waals surface area contributed by atoms with Crippen molar-refractivity contribution < 1.29 is 5.11 Å². The van der Waals surface area contributed by atoms with E-state index in [9.17, 15) is 0 Å². The molecular weight excluding hydrogens is 212 g/mol. The Balaban J connectivity index is 2.75. The van der Waals surface area contributed by atoms with Gasteiger partial charge in [-0.05, 0) is 37.3 Å². The third-order valence-electron chi connectivity index (χ3n) is 2.83. The number of rotatable bonds is 4. The van der Waals surface area contributed by atoms with Crippen molar-refractivity contribution in [3.8, 4) is 0 Å². The van der Waals surface area contributed by atoms with Crippen LogP contribution in [0.2, 0.25) is 0 Å². The molecule has 0 aliphatic heterocycles. The number of nitrogens with zero attached hydrogens (tertiary/aromatic N) is 1. The summed E-state index contributed by atoms with van der Waals surface area (Å²) in [4.78, 5) is 4.42. The van der Waals surface area contributed by atoms with Gasteiger partial charge < -0.3 is 10.4 Å². The van der Waals surface area contributed by atoms with Gasteiger partial charge in [0.25, 0.3) is 0 Å². The van der Waals surface area contributed by atoms with E-state index in [1.54, 1.807) is 0 Å². The maximum absolute atomic E-state index is 8.97. The number of anilines is 1. The molecule has 0 fully saturated rings. The van der Waals surface area contributed by atoms with Gasteiger partial charge in [0, 0.05) is 18.3 Å². The molecule has 0 spiro atoms. The summed E-state index contributed by atoms with van der Waals surface area (Å²) in [6, 6.07) is 4.10. The van der Waals surface area contributed by atoms with Gasteiger partial charge in [0.15, 0.2) is 0 Å². The zero-order chi connectivity index (χ0) is 13.1. The maximum Gasteiger partial charge on any atom is 0.126 e. The van der Waals surface area contributed by atoms with Crippen molar-refractivity contribution in [2.75, 3.05) is 11.9 Å². The SMILES string of the molecule is CC(C)(CCO)Nc1ccc(C(C)(C)C)cn1. The molecule has 0 bridgehead atoms. The Morgan fingerprint density at radius 2 is 1.82 bits per heavy atom. The van der Waals surface area contributed by atoms with Gasteiger partial charge in [0.05, 0.1) is 0 Å². The quantitative estimate of drug-likeness (QED) is 0.845. The first-order valence-corrected chi connectivity index (χ1v) is 6.10. The zero-order valence-corrected chi connectivity index (χ0v) is 11.5. The molecule has 0 aliphatic carbocycles. The van der Waals surface area contributed by atoms with E-state index >= 15 is 0 Å². The first kappa shape index (κ1) is 14.0. The fourth-order valence-electron chi connectivity index (χ4n) is 1.60. The normalized spacial score (nSPS) is 12.6. The van der Waals surface area contributed by atoms with Crippen molar-refractivity contribution in [1.29, 1.82) is 0 Å². The van der Waals surface area contributed by atoms with Gasteiger partial charge >= 0.3 is 0 Å². The second-order valence-corrected chi connectivity index (χ2v) is 6.16. The molecule has 0 aliphatic rings. The summed E-state index contributed by atoms with van der Waals surface area (Å²) >= 11 is 0. The predicted octanol–water partition coefficient (Wildman–Crippen LogP) is 2.95. The highest BCUT2D eigenvalue weighted by molar-refractivity contribution is 5.39. The Kier molecular flexibility index (Phi) is 4.15. The Bertz CT molecular complexity index is 349. The minimum atomic E-state index is -0.134. The Morgan fingerprint density at radius 3 is 2.24 bits per heavy atom. The molecule has 1 aromatic heterocycles. The molecule has 96 valence electrons. The van der Waals surface area contributed by atoms with Crippen molar-refractivity contribution in [3.05, 3.63) is 23.9 Å². The monoisotopic (exact) mass is 236 g/mol. The van der Waals surface area contributed by atoms with E-state index < -0.39 is 0 Å². The molecule has 0 atom stereocenters. The van der Waals surface area contributed by atoms with Crippen LogP contribution in [-0.2, 0) is 5.41 Å². The summed E-state index contributed by atoms with van der Waals surface area (Å²) in [7, 11) is 0. The molecule has 17 heavy (non-hydrogen) atoms. The molecule has 0 saturated heterocycles. The maximum atomic E-state index is 8.97. The van der Waals surface area contributed by atoms with Crippen LogP contribution in [0.15, 0.2) is 18.3 Å². The van der Waals surface area contributed by atoms with Crippen LogP contribution in [0.5, 0.6) is 0 Å². The van der Waals surface area contributed by atoms with Crippen molar-refractivity contribution in [1.82, 2.24) is 4.98 Å². The molecule has 3 heteroatoms. The molecule has 0 aromatic carbocycles. The van der Waals surface area contributed by atoms with E-state index in [0.29, 0.717) is 6.42 Å². The minimum absolute atomic E-state index is 0.131. The second-order valence-electron chi connectivity index (χ2n) is 6.16. The highest BCUT2D eigenvalue weighted by Gasteiger charge is 2.18. The fourth-order valence-corrected chi connectivity index (χ4v) is 1.60. The summed E-state index contributed by atoms with van der Waals surface area (Å²) in [5.74, 6) is 0.858. The van der Waals surface area contributed by atoms with Crippen molar-refractivity contribution in [2.45, 2.75) is 52.0 Å². The molecule has 0 unspecified atom stereocenters. The summed E-state index contributed by atoms with van der Waals surface area (Å²) in [5.41, 5.74) is 1.22. The number of aromatic nitrogens is 1. The summed E-state index contributed by atoms with van der Waals surface area (Å²) in [6.07, 6.45) is 2.62. The smallest absolute Gasteiger partial charge is 0.126 e. The van der Waals surface area contributed by atoms with E-state index in [4.69, 9.17) is 5.11 Å². The lowest BCUT2D eigenvalue weighted by Gasteiger charge is -2.26. The van der Waals surface area contributed by atoms with Crippen LogP contribution < -0.4 is 5.32 Å². The third-order valence-corrected chi connectivity index (χ3v) is 2.83. The highest BCUT2D eigenvalue weighted by Crippen LogP contribution is 2.23. The Hall–Kier alpha value is -1.09. The van der Waals surface area contributed by atoms with Gasteiger partial charge in [0.1, 0.15) is 5.82 Å². The summed E-state index contributed by atoms with van der Waals surface area (Å²) < 4.78 is 0. The van der Waals surface area contributed by atoms with E-state index in [0.717, 1.165) is 5.82 Å². The van der Waals surface area contributed by atoms with Gasteiger partial charge in [-0.15, -0.1) is 0 Å². The molecule has 0 saturated carbocycles. The molecule has 1 heterocycles. The lowest BCUT2D eigenvalue weighted by Crippen LogP contribution is -2.32. The van der Waals surface area contributed by atoms with Gasteiger partial charge in [-0.3, -0.25) is 0 Å². The first-order valence-electron chi connectivity index (χ1n) is 6.10. The predicted molar refractivity (Wildman–Crippen MR) is 72.3 cm³/mol. The van der Waals surface area contributed by atoms with E-state index in [1.807, 2.05) is 12.3 Å². The largest absolute Gasteiger partial charge is 0.396 e. The van der Waals surface area contributed by atoms with E-state index in [2.05, 4.69) is 51.0 Å². The molecule has 1 rings (SSSR count). The third kappa shape index (κ3) is 4.35. The van der Waals surface area contributed by atoms with Crippen LogP contribution in [0, 0.1) is 0 Å². The summed E-state index contributed by atoms with van der Waals surface area (Å²) in [5, 5.41) is 12.3. The topological polar surface area (TPSA) is 45.1 Å². The van der Waals surface area contributed by atoms with Crippen LogP contribution in [0.3, 0.4) is 0 Å². The molecule has 0 amide bonds. The number of aliphatic hydroxyl groups excluding tert-OH is 1. The lowest BCUT2D eigenvalue weighted by atomic mass is 9.88. The van der Waals surface area contributed by atoms with Crippen LogP contribution in [0.4, 0.5) is 5.82 Å². The number of hydrogen-bond donors (Lipinski definition) is 2. The molecular formula is C14H24N2O. The highest BCUT2D eigenvalue weighted by atomic mass is 16.3. The zero-order valence-electron chi connectivity index (χ0n) is 11.5. The first-order chi connectivity index (χ1) is 7.74. The Labute approximate surface area is 104 Å². The van der Waals surface area contributed by atoms with Crippen LogP contribution >= 0.6 is 0 Å². The van der Waals surface area contributed by atoms with Gasteiger partial charge in [-0.2, -0.15) is 0 Å². The molecule has 1 aromatic rings. The number of aliphatic hydroxyl groups is 1.